The molecular formula is C13H17NO4. The van der Waals surface area contributed by atoms with Crippen molar-refractivity contribution in [3.8, 4) is 5.75 Å². The standard InChI is InChI=1S/C13H17NO4/c1-14(8-12-9-17-5-6-18-12)13(16)10-3-2-4-11(15)7-10/h2-4,7,12,15H,5-6,8-9H2,1H3/t12-/m0/s1. The topological polar surface area (TPSA) is 59.0 Å². The number of benzene rings is 1. The predicted molar refractivity (Wildman–Crippen MR) is 65.6 cm³/mol. The van der Waals surface area contributed by atoms with Gasteiger partial charge in [-0.1, -0.05) is 6.07 Å². The molecule has 5 nitrogen and oxygen atoms in total. The third-order valence-corrected chi connectivity index (χ3v) is 2.80. The first-order chi connectivity index (χ1) is 8.66. The average Bonchev–Trinajstić information content (AvgIpc) is 2.39. The normalized spacial score (nSPS) is 19.5. The van der Waals surface area contributed by atoms with E-state index in [1.165, 1.54) is 12.1 Å². The molecule has 1 saturated heterocycles. The van der Waals surface area contributed by atoms with Crippen molar-refractivity contribution >= 4 is 5.91 Å². The first kappa shape index (κ1) is 12.9. The minimum absolute atomic E-state index is 0.0787. The quantitative estimate of drug-likeness (QED) is 0.866. The lowest BCUT2D eigenvalue weighted by molar-refractivity contribution is -0.0933. The summed E-state index contributed by atoms with van der Waals surface area (Å²) in [7, 11) is 1.71. The van der Waals surface area contributed by atoms with E-state index in [2.05, 4.69) is 0 Å². The minimum atomic E-state index is -0.139. The van der Waals surface area contributed by atoms with Gasteiger partial charge in [0.1, 0.15) is 5.75 Å². The number of carbonyl (C=O) groups excluding carboxylic acids is 1. The molecule has 1 aliphatic heterocycles. The summed E-state index contributed by atoms with van der Waals surface area (Å²) in [6, 6.07) is 6.32. The van der Waals surface area contributed by atoms with Crippen LogP contribution in [-0.4, -0.2) is 55.4 Å². The summed E-state index contributed by atoms with van der Waals surface area (Å²) in [5.74, 6) is -0.0495. The Morgan fingerprint density at radius 2 is 2.33 bits per heavy atom. The van der Waals surface area contributed by atoms with Crippen molar-refractivity contribution in [2.75, 3.05) is 33.4 Å². The molecule has 0 aromatic heterocycles. The Kier molecular flexibility index (Phi) is 4.17. The van der Waals surface area contributed by atoms with Crippen LogP contribution >= 0.6 is 0 Å². The van der Waals surface area contributed by atoms with Crippen molar-refractivity contribution in [2.24, 2.45) is 0 Å². The zero-order valence-electron chi connectivity index (χ0n) is 10.3. The lowest BCUT2D eigenvalue weighted by atomic mass is 10.2. The van der Waals surface area contributed by atoms with Gasteiger partial charge in [0.15, 0.2) is 0 Å². The van der Waals surface area contributed by atoms with Gasteiger partial charge < -0.3 is 19.5 Å². The zero-order valence-corrected chi connectivity index (χ0v) is 10.3. The van der Waals surface area contributed by atoms with E-state index in [-0.39, 0.29) is 17.8 Å². The van der Waals surface area contributed by atoms with Crippen LogP contribution in [0.2, 0.25) is 0 Å². The largest absolute Gasteiger partial charge is 0.508 e. The number of ether oxygens (including phenoxy) is 2. The zero-order chi connectivity index (χ0) is 13.0. The van der Waals surface area contributed by atoms with Gasteiger partial charge in [-0.15, -0.1) is 0 Å². The Hall–Kier alpha value is -1.59. The van der Waals surface area contributed by atoms with Crippen LogP contribution in [0.25, 0.3) is 0 Å². The Bertz CT molecular complexity index is 415. The van der Waals surface area contributed by atoms with Crippen LogP contribution < -0.4 is 0 Å². The fourth-order valence-corrected chi connectivity index (χ4v) is 1.89. The van der Waals surface area contributed by atoms with Gasteiger partial charge in [-0.05, 0) is 18.2 Å². The number of hydrogen-bond donors (Lipinski definition) is 1. The van der Waals surface area contributed by atoms with Gasteiger partial charge in [0.2, 0.25) is 0 Å². The molecule has 1 aromatic rings. The molecule has 1 heterocycles. The maximum Gasteiger partial charge on any atom is 0.253 e. The second kappa shape index (κ2) is 5.84. The van der Waals surface area contributed by atoms with Crippen LogP contribution in [0.5, 0.6) is 5.75 Å². The van der Waals surface area contributed by atoms with Gasteiger partial charge in [-0.3, -0.25) is 4.79 Å². The van der Waals surface area contributed by atoms with E-state index >= 15 is 0 Å². The fourth-order valence-electron chi connectivity index (χ4n) is 1.89. The van der Waals surface area contributed by atoms with Crippen LogP contribution in [0.4, 0.5) is 0 Å². The van der Waals surface area contributed by atoms with Crippen LogP contribution in [0.3, 0.4) is 0 Å². The third kappa shape index (κ3) is 3.21. The molecule has 1 fully saturated rings. The molecule has 1 aliphatic rings. The summed E-state index contributed by atoms with van der Waals surface area (Å²) >= 11 is 0. The van der Waals surface area contributed by atoms with E-state index in [1.807, 2.05) is 0 Å². The van der Waals surface area contributed by atoms with Crippen molar-refractivity contribution < 1.29 is 19.4 Å². The monoisotopic (exact) mass is 251 g/mol. The number of amides is 1. The van der Waals surface area contributed by atoms with Gasteiger partial charge in [0.25, 0.3) is 5.91 Å². The van der Waals surface area contributed by atoms with Crippen LogP contribution in [0, 0.1) is 0 Å². The van der Waals surface area contributed by atoms with Crippen LogP contribution in [0.15, 0.2) is 24.3 Å². The molecule has 1 amide bonds. The number of hydrogen-bond acceptors (Lipinski definition) is 4. The lowest BCUT2D eigenvalue weighted by Gasteiger charge is -2.27. The molecule has 1 atom stereocenters. The highest BCUT2D eigenvalue weighted by atomic mass is 16.6. The van der Waals surface area contributed by atoms with Gasteiger partial charge in [0.05, 0.1) is 25.9 Å². The van der Waals surface area contributed by atoms with Crippen molar-refractivity contribution in [2.45, 2.75) is 6.10 Å². The summed E-state index contributed by atoms with van der Waals surface area (Å²) in [6.45, 7) is 2.17. The number of rotatable bonds is 3. The van der Waals surface area contributed by atoms with E-state index < -0.39 is 0 Å². The van der Waals surface area contributed by atoms with Crippen LogP contribution in [0.1, 0.15) is 10.4 Å². The Morgan fingerprint density at radius 3 is 3.00 bits per heavy atom. The first-order valence-electron chi connectivity index (χ1n) is 5.90. The smallest absolute Gasteiger partial charge is 0.253 e. The van der Waals surface area contributed by atoms with Crippen molar-refractivity contribution in [3.63, 3.8) is 0 Å². The molecule has 0 aliphatic carbocycles. The molecule has 0 spiro atoms. The fraction of sp³-hybridized carbons (Fsp3) is 0.462. The Balaban J connectivity index is 1.95. The molecule has 0 bridgehead atoms. The summed E-state index contributed by atoms with van der Waals surface area (Å²) in [5, 5.41) is 9.35. The third-order valence-electron chi connectivity index (χ3n) is 2.80. The molecule has 5 heteroatoms. The molecule has 1 aromatic carbocycles. The molecule has 0 radical (unpaired) electrons. The molecule has 0 saturated carbocycles. The number of phenolic OH excluding ortho intramolecular Hbond substituents is 1. The molecule has 18 heavy (non-hydrogen) atoms. The summed E-state index contributed by atoms with van der Waals surface area (Å²) in [5.41, 5.74) is 0.467. The summed E-state index contributed by atoms with van der Waals surface area (Å²) in [6.07, 6.45) is -0.0787. The predicted octanol–water partition coefficient (Wildman–Crippen LogP) is 0.880. The maximum atomic E-state index is 12.1. The van der Waals surface area contributed by atoms with Crippen molar-refractivity contribution in [1.29, 1.82) is 0 Å². The number of nitrogens with zero attached hydrogens (tertiary/aromatic N) is 1. The molecule has 0 unspecified atom stereocenters. The highest BCUT2D eigenvalue weighted by molar-refractivity contribution is 5.94. The number of phenols is 1. The molecule has 1 N–H and O–H groups in total. The number of likely N-dealkylation sites (N-methyl/N-ethyl adjacent to an activating group) is 1. The summed E-state index contributed by atoms with van der Waals surface area (Å²) < 4.78 is 10.8. The van der Waals surface area contributed by atoms with Gasteiger partial charge in [0, 0.05) is 19.2 Å². The summed E-state index contributed by atoms with van der Waals surface area (Å²) in [4.78, 5) is 13.7. The minimum Gasteiger partial charge on any atom is -0.508 e. The SMILES string of the molecule is CN(C[C@H]1COCCO1)C(=O)c1cccc(O)c1. The van der Waals surface area contributed by atoms with Crippen LogP contribution in [-0.2, 0) is 9.47 Å². The maximum absolute atomic E-state index is 12.1. The second-order valence-corrected chi connectivity index (χ2v) is 4.30. The van der Waals surface area contributed by atoms with Gasteiger partial charge in [-0.25, -0.2) is 0 Å². The van der Waals surface area contributed by atoms with Crippen molar-refractivity contribution in [1.82, 2.24) is 4.90 Å². The van der Waals surface area contributed by atoms with Gasteiger partial charge >= 0.3 is 0 Å². The molecule has 2 rings (SSSR count). The Morgan fingerprint density at radius 1 is 1.50 bits per heavy atom. The first-order valence-corrected chi connectivity index (χ1v) is 5.90. The van der Waals surface area contributed by atoms with E-state index in [0.717, 1.165) is 0 Å². The molecule has 98 valence electrons. The Labute approximate surface area is 106 Å². The highest BCUT2D eigenvalue weighted by Gasteiger charge is 2.20. The highest BCUT2D eigenvalue weighted by Crippen LogP contribution is 2.13. The lowest BCUT2D eigenvalue weighted by Crippen LogP contribution is -2.40. The van der Waals surface area contributed by atoms with E-state index in [1.54, 1.807) is 24.1 Å². The van der Waals surface area contributed by atoms with Gasteiger partial charge in [-0.2, -0.15) is 0 Å². The molecular weight excluding hydrogens is 234 g/mol. The number of aromatic hydroxyl groups is 1. The average molecular weight is 251 g/mol. The second-order valence-electron chi connectivity index (χ2n) is 4.30. The van der Waals surface area contributed by atoms with Crippen molar-refractivity contribution in [3.05, 3.63) is 29.8 Å². The number of carbonyl (C=O) groups is 1. The van der Waals surface area contributed by atoms with E-state index in [0.29, 0.717) is 31.9 Å². The van der Waals surface area contributed by atoms with E-state index in [4.69, 9.17) is 9.47 Å². The van der Waals surface area contributed by atoms with E-state index in [9.17, 15) is 9.90 Å².